The number of urea groups is 1. The number of carbonyl (C=O) groups excluding carboxylic acids is 3. The van der Waals surface area contributed by atoms with Crippen molar-refractivity contribution in [3.8, 4) is 0 Å². The fourth-order valence-corrected chi connectivity index (χ4v) is 8.31. The largest absolute Gasteiger partial charge is 0.444 e. The molecule has 3 fully saturated rings. The van der Waals surface area contributed by atoms with E-state index in [9.17, 15) is 19.2 Å². The van der Waals surface area contributed by atoms with Crippen molar-refractivity contribution in [2.45, 2.75) is 70.7 Å². The Balaban J connectivity index is 1.04. The number of amides is 3. The number of esters is 1. The lowest BCUT2D eigenvalue weighted by Crippen LogP contribution is -2.59. The second-order valence-corrected chi connectivity index (χ2v) is 14.8. The van der Waals surface area contributed by atoms with Crippen LogP contribution in [0.3, 0.4) is 0 Å². The molecule has 5 heterocycles. The maximum Gasteiger partial charge on any atom is 0.318 e. The highest BCUT2D eigenvalue weighted by atomic mass is 16.5. The Kier molecular flexibility index (Phi) is 10.6. The van der Waals surface area contributed by atoms with E-state index >= 15 is 0 Å². The summed E-state index contributed by atoms with van der Waals surface area (Å²) in [7, 11) is 2.17. The first-order chi connectivity index (χ1) is 25.1. The summed E-state index contributed by atoms with van der Waals surface area (Å²) in [6.45, 7) is 9.26. The van der Waals surface area contributed by atoms with E-state index in [2.05, 4.69) is 38.4 Å². The zero-order chi connectivity index (χ0) is 36.4. The number of carbonyl (C=O) groups is 3. The first-order valence-corrected chi connectivity index (χ1v) is 18.6. The Bertz CT molecular complexity index is 1980. The number of aromatic nitrogens is 3. The number of hydrogen-bond acceptors (Lipinski definition) is 8. The summed E-state index contributed by atoms with van der Waals surface area (Å²) in [5.74, 6) is -0.571. The van der Waals surface area contributed by atoms with Gasteiger partial charge in [0.1, 0.15) is 6.04 Å². The second-order valence-electron chi connectivity index (χ2n) is 14.8. The fourth-order valence-electron chi connectivity index (χ4n) is 8.31. The van der Waals surface area contributed by atoms with Gasteiger partial charge in [-0.2, -0.15) is 5.10 Å². The van der Waals surface area contributed by atoms with Gasteiger partial charge in [0.25, 0.3) is 5.56 Å². The van der Waals surface area contributed by atoms with Crippen molar-refractivity contribution in [2.24, 2.45) is 0 Å². The molecule has 0 spiro atoms. The highest BCUT2D eigenvalue weighted by molar-refractivity contribution is 5.88. The van der Waals surface area contributed by atoms with Crippen LogP contribution >= 0.6 is 0 Å². The molecule has 3 aliphatic rings. The van der Waals surface area contributed by atoms with Gasteiger partial charge in [0.15, 0.2) is 6.73 Å². The molecule has 0 aliphatic carbocycles. The molecule has 2 aromatic heterocycles. The number of likely N-dealkylation sites (tertiary alicyclic amines) is 2. The molecule has 3 amide bonds. The molecule has 13 nitrogen and oxygen atoms in total. The van der Waals surface area contributed by atoms with Gasteiger partial charge in [0.2, 0.25) is 5.91 Å². The molecular formula is C39H50N8O5. The second kappa shape index (κ2) is 15.5. The van der Waals surface area contributed by atoms with Gasteiger partial charge in [-0.15, -0.1) is 0 Å². The number of benzene rings is 2. The predicted molar refractivity (Wildman–Crippen MR) is 199 cm³/mol. The quantitative estimate of drug-likeness (QED) is 0.266. The first-order valence-electron chi connectivity index (χ1n) is 18.6. The summed E-state index contributed by atoms with van der Waals surface area (Å²) in [5.41, 5.74) is 4.15. The maximum absolute atomic E-state index is 14.2. The van der Waals surface area contributed by atoms with Crippen LogP contribution in [0.25, 0.3) is 21.8 Å². The van der Waals surface area contributed by atoms with E-state index in [0.29, 0.717) is 62.6 Å². The molecule has 7 rings (SSSR count). The van der Waals surface area contributed by atoms with E-state index in [0.717, 1.165) is 66.4 Å². The van der Waals surface area contributed by atoms with Crippen molar-refractivity contribution in [1.29, 1.82) is 0 Å². The molecule has 1 atom stereocenters. The van der Waals surface area contributed by atoms with Crippen molar-refractivity contribution in [3.05, 3.63) is 75.7 Å². The third-order valence-corrected chi connectivity index (χ3v) is 11.3. The summed E-state index contributed by atoms with van der Waals surface area (Å²) >= 11 is 0. The van der Waals surface area contributed by atoms with Crippen LogP contribution in [0.4, 0.5) is 4.79 Å². The van der Waals surface area contributed by atoms with Gasteiger partial charge in [0.05, 0.1) is 17.2 Å². The van der Waals surface area contributed by atoms with E-state index < -0.39 is 12.0 Å². The normalized spacial score (nSPS) is 18.9. The van der Waals surface area contributed by atoms with Crippen LogP contribution < -0.4 is 10.9 Å². The molecule has 4 aromatic rings. The number of H-pyrrole nitrogens is 1. The van der Waals surface area contributed by atoms with Crippen LogP contribution in [-0.2, 0) is 27.5 Å². The highest BCUT2D eigenvalue weighted by Crippen LogP contribution is 2.29. The predicted octanol–water partition coefficient (Wildman–Crippen LogP) is 3.45. The first kappa shape index (κ1) is 35.6. The van der Waals surface area contributed by atoms with Crippen LogP contribution in [0.1, 0.15) is 55.2 Å². The monoisotopic (exact) mass is 710 g/mol. The lowest BCUT2D eigenvalue weighted by molar-refractivity contribution is -0.144. The summed E-state index contributed by atoms with van der Waals surface area (Å²) in [6, 6.07) is 13.2. The summed E-state index contributed by atoms with van der Waals surface area (Å²) in [6.07, 6.45) is 5.66. The molecular weight excluding hydrogens is 660 g/mol. The van der Waals surface area contributed by atoms with Crippen molar-refractivity contribution in [1.82, 2.24) is 39.7 Å². The summed E-state index contributed by atoms with van der Waals surface area (Å²) in [4.78, 5) is 62.0. The molecule has 0 unspecified atom stereocenters. The molecule has 0 bridgehead atoms. The van der Waals surface area contributed by atoms with Gasteiger partial charge >= 0.3 is 12.0 Å². The Morgan fingerprint density at radius 2 is 1.65 bits per heavy atom. The van der Waals surface area contributed by atoms with Gasteiger partial charge < -0.3 is 24.8 Å². The number of fused-ring (bicyclic) bond motifs is 2. The molecule has 2 aromatic carbocycles. The third-order valence-electron chi connectivity index (χ3n) is 11.3. The number of aryl methyl sites for hydroxylation is 1. The molecule has 3 aliphatic heterocycles. The van der Waals surface area contributed by atoms with Gasteiger partial charge in [0, 0.05) is 69.6 Å². The third kappa shape index (κ3) is 7.70. The van der Waals surface area contributed by atoms with Gasteiger partial charge in [-0.05, 0) is 93.4 Å². The SMILES string of the molecule is CC(=O)OCn1c(=O)c(C2CCN(C(=O)N[C@H](Cc3cc(C)c4[nH]ncc4c3)C(=O)N3CCN(C4CCN(C)CC4)CC3)CC2)cc2ccccc21. The van der Waals surface area contributed by atoms with Crippen LogP contribution in [0.2, 0.25) is 0 Å². The number of rotatable bonds is 8. The van der Waals surface area contributed by atoms with Crippen molar-refractivity contribution >= 4 is 39.7 Å². The molecule has 0 saturated carbocycles. The molecule has 3 saturated heterocycles. The molecule has 0 radical (unpaired) electrons. The van der Waals surface area contributed by atoms with Crippen molar-refractivity contribution in [2.75, 3.05) is 59.4 Å². The number of hydrogen-bond donors (Lipinski definition) is 2. The Morgan fingerprint density at radius 1 is 0.923 bits per heavy atom. The van der Waals surface area contributed by atoms with E-state index in [1.165, 1.54) is 11.5 Å². The molecule has 52 heavy (non-hydrogen) atoms. The standard InChI is InChI=1S/C39H50N8O5/c1-26-20-28(21-31-24-40-42-36(26)31)22-34(38(50)45-18-16-44(17-19-45)32-10-12-43(3)13-11-32)41-39(51)46-14-8-29(9-15-46)33-23-30-6-4-5-7-35(30)47(37(33)49)25-52-27(2)48/h4-7,20-21,23-24,29,32,34H,8-19,22,25H2,1-3H3,(H,40,42)(H,41,51)/t34-/m1/s1. The Labute approximate surface area is 303 Å². The van der Waals surface area contributed by atoms with Crippen molar-refractivity contribution in [3.63, 3.8) is 0 Å². The number of piperidine rings is 2. The van der Waals surface area contributed by atoms with E-state index in [1.807, 2.05) is 48.2 Å². The summed E-state index contributed by atoms with van der Waals surface area (Å²) < 4.78 is 6.74. The zero-order valence-corrected chi connectivity index (χ0v) is 30.5. The molecule has 276 valence electrons. The minimum absolute atomic E-state index is 0.0549. The average Bonchev–Trinajstić information content (AvgIpc) is 3.64. The number of nitrogens with one attached hydrogen (secondary N) is 2. The number of piperazine rings is 1. The van der Waals surface area contributed by atoms with E-state index in [4.69, 9.17) is 4.74 Å². The number of aromatic amines is 1. The van der Waals surface area contributed by atoms with Crippen LogP contribution in [0, 0.1) is 6.92 Å². The topological polar surface area (TPSA) is 136 Å². The maximum atomic E-state index is 14.2. The lowest BCUT2D eigenvalue weighted by Gasteiger charge is -2.43. The Hall–Kier alpha value is -4.75. The van der Waals surface area contributed by atoms with E-state index in [-0.39, 0.29) is 30.1 Å². The van der Waals surface area contributed by atoms with Gasteiger partial charge in [-0.3, -0.25) is 28.9 Å². The van der Waals surface area contributed by atoms with Gasteiger partial charge in [-0.25, -0.2) is 4.79 Å². The van der Waals surface area contributed by atoms with E-state index in [1.54, 1.807) is 11.1 Å². The number of nitrogens with zero attached hydrogens (tertiary/aromatic N) is 6. The fraction of sp³-hybridized carbons (Fsp3) is 0.513. The molecule has 13 heteroatoms. The molecule has 2 N–H and O–H groups in total. The van der Waals surface area contributed by atoms with Gasteiger partial charge in [-0.1, -0.05) is 24.3 Å². The zero-order valence-electron chi connectivity index (χ0n) is 30.5. The smallest absolute Gasteiger partial charge is 0.318 e. The van der Waals surface area contributed by atoms with Crippen LogP contribution in [0.5, 0.6) is 0 Å². The van der Waals surface area contributed by atoms with Crippen LogP contribution in [-0.4, -0.2) is 124 Å². The summed E-state index contributed by atoms with van der Waals surface area (Å²) in [5, 5.41) is 12.2. The lowest BCUT2D eigenvalue weighted by atomic mass is 9.89. The van der Waals surface area contributed by atoms with Crippen LogP contribution in [0.15, 0.2) is 53.5 Å². The minimum Gasteiger partial charge on any atom is -0.444 e. The average molecular weight is 711 g/mol. The highest BCUT2D eigenvalue weighted by Gasteiger charge is 2.34. The minimum atomic E-state index is -0.724. The Morgan fingerprint density at radius 3 is 2.38 bits per heavy atom. The number of ether oxygens (including phenoxy) is 1. The number of para-hydroxylation sites is 1. The number of pyridine rings is 1. The van der Waals surface area contributed by atoms with Crippen molar-refractivity contribution < 1.29 is 19.1 Å².